The minimum absolute atomic E-state index is 0.0925. The van der Waals surface area contributed by atoms with E-state index in [4.69, 9.17) is 0 Å². The fourth-order valence-corrected chi connectivity index (χ4v) is 4.42. The van der Waals surface area contributed by atoms with E-state index in [1.165, 1.54) is 6.07 Å². The van der Waals surface area contributed by atoms with Gasteiger partial charge in [-0.15, -0.1) is 23.1 Å². The first-order chi connectivity index (χ1) is 10.3. The number of hydrogen-bond acceptors (Lipinski definition) is 5. The molecule has 1 aliphatic heterocycles. The molecule has 4 rings (SSSR count). The van der Waals surface area contributed by atoms with Crippen molar-refractivity contribution in [1.29, 1.82) is 0 Å². The smallest absolute Gasteiger partial charge is 0.138 e. The van der Waals surface area contributed by atoms with Gasteiger partial charge in [0.25, 0.3) is 0 Å². The number of thioether (sulfide) groups is 1. The Bertz CT molecular complexity index is 802. The fraction of sp³-hybridized carbons (Fsp3) is 0.200. The molecule has 0 spiro atoms. The SMILES string of the molecule is Fc1ccc2c(c1)C(Nc1ncnc3sccc13)CCS2. The lowest BCUT2D eigenvalue weighted by Gasteiger charge is -2.26. The van der Waals surface area contributed by atoms with Gasteiger partial charge in [0, 0.05) is 10.6 Å². The van der Waals surface area contributed by atoms with E-state index in [0.29, 0.717) is 0 Å². The second-order valence-electron chi connectivity index (χ2n) is 4.88. The zero-order valence-electron chi connectivity index (χ0n) is 11.0. The van der Waals surface area contributed by atoms with Crippen molar-refractivity contribution in [2.75, 3.05) is 11.1 Å². The van der Waals surface area contributed by atoms with E-state index >= 15 is 0 Å². The normalized spacial score (nSPS) is 17.7. The average Bonchev–Trinajstić information content (AvgIpc) is 2.97. The number of aromatic nitrogens is 2. The highest BCUT2D eigenvalue weighted by Gasteiger charge is 2.22. The van der Waals surface area contributed by atoms with Crippen LogP contribution in [0.2, 0.25) is 0 Å². The maximum Gasteiger partial charge on any atom is 0.138 e. The van der Waals surface area contributed by atoms with E-state index in [-0.39, 0.29) is 11.9 Å². The van der Waals surface area contributed by atoms with Crippen LogP contribution in [-0.2, 0) is 0 Å². The van der Waals surface area contributed by atoms with Crippen LogP contribution < -0.4 is 5.32 Å². The van der Waals surface area contributed by atoms with Gasteiger partial charge in [-0.25, -0.2) is 14.4 Å². The maximum atomic E-state index is 13.5. The van der Waals surface area contributed by atoms with Crippen LogP contribution in [0.25, 0.3) is 10.2 Å². The van der Waals surface area contributed by atoms with E-state index in [0.717, 1.165) is 38.7 Å². The molecule has 3 aromatic rings. The van der Waals surface area contributed by atoms with Crippen molar-refractivity contribution >= 4 is 39.1 Å². The first-order valence-corrected chi connectivity index (χ1v) is 8.55. The van der Waals surface area contributed by atoms with Gasteiger partial charge < -0.3 is 5.32 Å². The molecule has 0 radical (unpaired) electrons. The molecule has 3 nitrogen and oxygen atoms in total. The standard InChI is InChI=1S/C15H12FN3S2/c16-9-1-2-13-11(7-9)12(4-6-20-13)19-14-10-3-5-21-15(10)18-8-17-14/h1-3,5,7-8,12H,4,6H2,(H,17,18,19). The third kappa shape index (κ3) is 2.38. The summed E-state index contributed by atoms with van der Waals surface area (Å²) in [6.45, 7) is 0. The summed E-state index contributed by atoms with van der Waals surface area (Å²) in [5.41, 5.74) is 1.02. The molecule has 1 unspecified atom stereocenters. The summed E-state index contributed by atoms with van der Waals surface area (Å²) >= 11 is 3.38. The van der Waals surface area contributed by atoms with Crippen molar-refractivity contribution in [2.24, 2.45) is 0 Å². The van der Waals surface area contributed by atoms with E-state index in [9.17, 15) is 4.39 Å². The highest BCUT2D eigenvalue weighted by molar-refractivity contribution is 7.99. The van der Waals surface area contributed by atoms with Crippen LogP contribution in [0.4, 0.5) is 10.2 Å². The largest absolute Gasteiger partial charge is 0.363 e. The first kappa shape index (κ1) is 13.0. The van der Waals surface area contributed by atoms with Gasteiger partial charge in [0.15, 0.2) is 0 Å². The molecule has 1 atom stereocenters. The Morgan fingerprint density at radius 1 is 1.24 bits per heavy atom. The summed E-state index contributed by atoms with van der Waals surface area (Å²) in [4.78, 5) is 10.7. The lowest BCUT2D eigenvalue weighted by atomic mass is 10.0. The predicted octanol–water partition coefficient (Wildman–Crippen LogP) is 4.48. The molecular formula is C15H12FN3S2. The Labute approximate surface area is 129 Å². The topological polar surface area (TPSA) is 37.8 Å². The van der Waals surface area contributed by atoms with Crippen LogP contribution in [0.15, 0.2) is 40.9 Å². The predicted molar refractivity (Wildman–Crippen MR) is 85.5 cm³/mol. The number of rotatable bonds is 2. The molecule has 0 fully saturated rings. The molecule has 6 heteroatoms. The molecule has 0 aliphatic carbocycles. The number of thiophene rings is 1. The molecule has 21 heavy (non-hydrogen) atoms. The Balaban J connectivity index is 1.73. The highest BCUT2D eigenvalue weighted by Crippen LogP contribution is 2.39. The highest BCUT2D eigenvalue weighted by atomic mass is 32.2. The Hall–Kier alpha value is -1.66. The maximum absolute atomic E-state index is 13.5. The van der Waals surface area contributed by atoms with E-state index in [2.05, 4.69) is 15.3 Å². The summed E-state index contributed by atoms with van der Waals surface area (Å²) in [6.07, 6.45) is 2.53. The molecule has 1 N–H and O–H groups in total. The number of anilines is 1. The van der Waals surface area contributed by atoms with Crippen LogP contribution in [0.5, 0.6) is 0 Å². The van der Waals surface area contributed by atoms with Gasteiger partial charge in [-0.1, -0.05) is 0 Å². The first-order valence-electron chi connectivity index (χ1n) is 6.68. The summed E-state index contributed by atoms with van der Waals surface area (Å²) in [6, 6.07) is 7.13. The average molecular weight is 317 g/mol. The number of nitrogens with zero attached hydrogens (tertiary/aromatic N) is 2. The van der Waals surface area contributed by atoms with Gasteiger partial charge in [-0.05, 0) is 41.6 Å². The monoisotopic (exact) mass is 317 g/mol. The zero-order chi connectivity index (χ0) is 14.2. The van der Waals surface area contributed by atoms with Gasteiger partial charge in [0.2, 0.25) is 0 Å². The quantitative estimate of drug-likeness (QED) is 0.756. The van der Waals surface area contributed by atoms with Gasteiger partial charge >= 0.3 is 0 Å². The molecular weight excluding hydrogens is 305 g/mol. The Kier molecular flexibility index (Phi) is 3.27. The minimum atomic E-state index is -0.189. The fourth-order valence-electron chi connectivity index (χ4n) is 2.59. The number of nitrogens with one attached hydrogen (secondary N) is 1. The van der Waals surface area contributed by atoms with Crippen molar-refractivity contribution in [2.45, 2.75) is 17.4 Å². The second-order valence-corrected chi connectivity index (χ2v) is 6.91. The summed E-state index contributed by atoms with van der Waals surface area (Å²) < 4.78 is 13.5. The van der Waals surface area contributed by atoms with Gasteiger partial charge in [0.1, 0.15) is 22.8 Å². The zero-order valence-corrected chi connectivity index (χ0v) is 12.7. The minimum Gasteiger partial charge on any atom is -0.363 e. The van der Waals surface area contributed by atoms with E-state index in [1.54, 1.807) is 35.5 Å². The number of benzene rings is 1. The van der Waals surface area contributed by atoms with Gasteiger partial charge in [-0.2, -0.15) is 0 Å². The van der Waals surface area contributed by atoms with Gasteiger partial charge in [0.05, 0.1) is 11.4 Å². The molecule has 0 saturated carbocycles. The lowest BCUT2D eigenvalue weighted by molar-refractivity contribution is 0.616. The summed E-state index contributed by atoms with van der Waals surface area (Å²) in [5.74, 6) is 1.66. The van der Waals surface area contributed by atoms with Gasteiger partial charge in [-0.3, -0.25) is 0 Å². The summed E-state index contributed by atoms with van der Waals surface area (Å²) in [7, 11) is 0. The third-order valence-corrected chi connectivity index (χ3v) is 5.53. The lowest BCUT2D eigenvalue weighted by Crippen LogP contribution is -2.17. The molecule has 0 bridgehead atoms. The van der Waals surface area contributed by atoms with E-state index in [1.807, 2.05) is 17.5 Å². The van der Waals surface area contributed by atoms with E-state index < -0.39 is 0 Å². The molecule has 0 amide bonds. The van der Waals surface area contributed by atoms with Crippen molar-refractivity contribution < 1.29 is 4.39 Å². The third-order valence-electron chi connectivity index (χ3n) is 3.58. The molecule has 2 aromatic heterocycles. The van der Waals surface area contributed by atoms with Crippen LogP contribution in [-0.4, -0.2) is 15.7 Å². The molecule has 1 aliphatic rings. The van der Waals surface area contributed by atoms with Crippen LogP contribution in [0.1, 0.15) is 18.0 Å². The Morgan fingerprint density at radius 3 is 3.14 bits per heavy atom. The van der Waals surface area contributed by atoms with Crippen LogP contribution >= 0.6 is 23.1 Å². The van der Waals surface area contributed by atoms with Crippen molar-refractivity contribution in [1.82, 2.24) is 9.97 Å². The molecule has 106 valence electrons. The van der Waals surface area contributed by atoms with Crippen molar-refractivity contribution in [3.05, 3.63) is 47.4 Å². The van der Waals surface area contributed by atoms with Crippen molar-refractivity contribution in [3.8, 4) is 0 Å². The molecule has 0 saturated heterocycles. The van der Waals surface area contributed by atoms with Crippen LogP contribution in [0, 0.1) is 5.82 Å². The molecule has 1 aromatic carbocycles. The Morgan fingerprint density at radius 2 is 2.19 bits per heavy atom. The number of halogens is 1. The number of fused-ring (bicyclic) bond motifs is 2. The summed E-state index contributed by atoms with van der Waals surface area (Å²) in [5, 5.41) is 6.50. The second kappa shape index (κ2) is 5.27. The van der Waals surface area contributed by atoms with Crippen molar-refractivity contribution in [3.63, 3.8) is 0 Å². The van der Waals surface area contributed by atoms with Crippen LogP contribution in [0.3, 0.4) is 0 Å². The molecule has 3 heterocycles. The number of hydrogen-bond donors (Lipinski definition) is 1.